The van der Waals surface area contributed by atoms with Crippen LogP contribution in [-0.2, 0) is 6.42 Å². The fraction of sp³-hybridized carbons (Fsp3) is 0.462. The molecule has 0 saturated carbocycles. The normalized spacial score (nSPS) is 13.9. The van der Waals surface area contributed by atoms with E-state index in [9.17, 15) is 15.2 Å². The van der Waals surface area contributed by atoms with Crippen molar-refractivity contribution in [2.75, 3.05) is 0 Å². The van der Waals surface area contributed by atoms with E-state index in [1.165, 1.54) is 12.1 Å². The highest BCUT2D eigenvalue weighted by molar-refractivity contribution is 5.86. The number of hydrogen-bond acceptors (Lipinski definition) is 4. The Morgan fingerprint density at radius 3 is 2.39 bits per heavy atom. The number of nitro benzene ring substituents is 1. The standard InChI is InChI=1S/C13H18N2O3/c1-3-12(9(2)16)13(14)8-10-4-6-11(7-5-10)15(17)18/h4-7,9,12,14,16H,3,8H2,1-2H3. The van der Waals surface area contributed by atoms with Crippen LogP contribution in [0.3, 0.4) is 0 Å². The fourth-order valence-corrected chi connectivity index (χ4v) is 1.97. The van der Waals surface area contributed by atoms with E-state index < -0.39 is 11.0 Å². The van der Waals surface area contributed by atoms with Crippen molar-refractivity contribution in [3.63, 3.8) is 0 Å². The zero-order valence-corrected chi connectivity index (χ0v) is 10.6. The van der Waals surface area contributed by atoms with Gasteiger partial charge in [0.05, 0.1) is 11.0 Å². The van der Waals surface area contributed by atoms with E-state index in [1.807, 2.05) is 6.92 Å². The summed E-state index contributed by atoms with van der Waals surface area (Å²) >= 11 is 0. The third kappa shape index (κ3) is 3.63. The van der Waals surface area contributed by atoms with Crippen LogP contribution in [0.25, 0.3) is 0 Å². The Balaban J connectivity index is 2.73. The van der Waals surface area contributed by atoms with Crippen molar-refractivity contribution in [2.24, 2.45) is 5.92 Å². The minimum atomic E-state index is -0.541. The van der Waals surface area contributed by atoms with Gasteiger partial charge >= 0.3 is 0 Å². The summed E-state index contributed by atoms with van der Waals surface area (Å²) in [7, 11) is 0. The number of hydrogen-bond donors (Lipinski definition) is 2. The minimum absolute atomic E-state index is 0.0489. The predicted molar refractivity (Wildman–Crippen MR) is 70.0 cm³/mol. The van der Waals surface area contributed by atoms with Crippen LogP contribution >= 0.6 is 0 Å². The van der Waals surface area contributed by atoms with Gasteiger partial charge in [-0.25, -0.2) is 0 Å². The van der Waals surface area contributed by atoms with Crippen molar-refractivity contribution in [3.8, 4) is 0 Å². The van der Waals surface area contributed by atoms with Crippen LogP contribution < -0.4 is 0 Å². The number of non-ortho nitro benzene ring substituents is 1. The first-order valence-electron chi connectivity index (χ1n) is 5.94. The maximum Gasteiger partial charge on any atom is 0.269 e. The largest absolute Gasteiger partial charge is 0.393 e. The van der Waals surface area contributed by atoms with Crippen molar-refractivity contribution in [3.05, 3.63) is 39.9 Å². The molecule has 2 atom stereocenters. The molecule has 5 nitrogen and oxygen atoms in total. The smallest absolute Gasteiger partial charge is 0.269 e. The first-order valence-corrected chi connectivity index (χ1v) is 5.94. The first kappa shape index (κ1) is 14.3. The van der Waals surface area contributed by atoms with Crippen LogP contribution in [0.2, 0.25) is 0 Å². The number of nitrogens with one attached hydrogen (secondary N) is 1. The molecule has 18 heavy (non-hydrogen) atoms. The van der Waals surface area contributed by atoms with Gasteiger partial charge in [0.15, 0.2) is 0 Å². The van der Waals surface area contributed by atoms with E-state index in [-0.39, 0.29) is 11.6 Å². The zero-order valence-electron chi connectivity index (χ0n) is 10.6. The summed E-state index contributed by atoms with van der Waals surface area (Å²) in [6, 6.07) is 6.18. The molecule has 0 fully saturated rings. The Labute approximate surface area is 106 Å². The molecule has 0 amide bonds. The van der Waals surface area contributed by atoms with Gasteiger partial charge in [-0.1, -0.05) is 19.1 Å². The number of nitrogens with zero attached hydrogens (tertiary/aromatic N) is 1. The van der Waals surface area contributed by atoms with Gasteiger partial charge in [-0.3, -0.25) is 10.1 Å². The molecular formula is C13H18N2O3. The summed E-state index contributed by atoms with van der Waals surface area (Å²) in [6.45, 7) is 3.61. The third-order valence-electron chi connectivity index (χ3n) is 3.01. The molecule has 0 saturated heterocycles. The van der Waals surface area contributed by atoms with Gasteiger partial charge in [0, 0.05) is 30.2 Å². The Bertz CT molecular complexity index is 426. The SMILES string of the molecule is CCC(C(=N)Cc1ccc([N+](=O)[O-])cc1)C(C)O. The molecule has 2 N–H and O–H groups in total. The van der Waals surface area contributed by atoms with Gasteiger partial charge in [0.25, 0.3) is 5.69 Å². The van der Waals surface area contributed by atoms with E-state index in [4.69, 9.17) is 5.41 Å². The minimum Gasteiger partial charge on any atom is -0.393 e. The molecule has 1 aromatic carbocycles. The Hall–Kier alpha value is -1.75. The van der Waals surface area contributed by atoms with E-state index >= 15 is 0 Å². The lowest BCUT2D eigenvalue weighted by atomic mass is 9.91. The lowest BCUT2D eigenvalue weighted by Gasteiger charge is -2.19. The van der Waals surface area contributed by atoms with Crippen LogP contribution in [0.1, 0.15) is 25.8 Å². The van der Waals surface area contributed by atoms with Crippen molar-refractivity contribution < 1.29 is 10.0 Å². The van der Waals surface area contributed by atoms with E-state index in [0.29, 0.717) is 18.6 Å². The van der Waals surface area contributed by atoms with Crippen molar-refractivity contribution >= 4 is 11.4 Å². The number of benzene rings is 1. The molecule has 0 aliphatic rings. The van der Waals surface area contributed by atoms with E-state index in [1.54, 1.807) is 19.1 Å². The average molecular weight is 250 g/mol. The van der Waals surface area contributed by atoms with Crippen molar-refractivity contribution in [1.29, 1.82) is 5.41 Å². The number of nitro groups is 1. The molecular weight excluding hydrogens is 232 g/mol. The third-order valence-corrected chi connectivity index (χ3v) is 3.01. The van der Waals surface area contributed by atoms with E-state index in [2.05, 4.69) is 0 Å². The second-order valence-corrected chi connectivity index (χ2v) is 4.38. The molecule has 2 unspecified atom stereocenters. The van der Waals surface area contributed by atoms with Gasteiger partial charge in [0.2, 0.25) is 0 Å². The molecule has 0 spiro atoms. The molecule has 0 aliphatic heterocycles. The summed E-state index contributed by atoms with van der Waals surface area (Å²) in [5.74, 6) is -0.153. The lowest BCUT2D eigenvalue weighted by molar-refractivity contribution is -0.384. The van der Waals surface area contributed by atoms with Gasteiger partial charge in [-0.2, -0.15) is 0 Å². The molecule has 0 aliphatic carbocycles. The first-order chi connectivity index (χ1) is 8.45. The van der Waals surface area contributed by atoms with E-state index in [0.717, 1.165) is 5.56 Å². The summed E-state index contributed by atoms with van der Waals surface area (Å²) in [5.41, 5.74) is 1.36. The topological polar surface area (TPSA) is 87.2 Å². The Kier molecular flexibility index (Phi) is 4.97. The highest BCUT2D eigenvalue weighted by Gasteiger charge is 2.18. The number of aliphatic hydroxyl groups is 1. The summed E-state index contributed by atoms with van der Waals surface area (Å²) in [6.07, 6.45) is 0.589. The van der Waals surface area contributed by atoms with Crippen LogP contribution in [0.15, 0.2) is 24.3 Å². The highest BCUT2D eigenvalue weighted by atomic mass is 16.6. The quantitative estimate of drug-likeness (QED) is 0.462. The molecule has 0 aromatic heterocycles. The lowest BCUT2D eigenvalue weighted by Crippen LogP contribution is -2.26. The summed E-state index contributed by atoms with van der Waals surface area (Å²) in [5, 5.41) is 28.0. The molecule has 0 radical (unpaired) electrons. The number of aliphatic hydroxyl groups excluding tert-OH is 1. The second-order valence-electron chi connectivity index (χ2n) is 4.38. The van der Waals surface area contributed by atoms with Crippen molar-refractivity contribution in [1.82, 2.24) is 0 Å². The van der Waals surface area contributed by atoms with Gasteiger partial charge < -0.3 is 10.5 Å². The fourth-order valence-electron chi connectivity index (χ4n) is 1.97. The second kappa shape index (κ2) is 6.26. The summed E-state index contributed by atoms with van der Waals surface area (Å²) in [4.78, 5) is 10.1. The monoisotopic (exact) mass is 250 g/mol. The van der Waals surface area contributed by atoms with Gasteiger partial charge in [-0.15, -0.1) is 0 Å². The molecule has 1 rings (SSSR count). The van der Waals surface area contributed by atoms with Crippen LogP contribution in [0.4, 0.5) is 5.69 Å². The average Bonchev–Trinajstić information content (AvgIpc) is 2.29. The number of rotatable bonds is 6. The maximum absolute atomic E-state index is 10.5. The van der Waals surface area contributed by atoms with Crippen LogP contribution in [0, 0.1) is 21.4 Å². The molecule has 5 heteroatoms. The zero-order chi connectivity index (χ0) is 13.7. The van der Waals surface area contributed by atoms with Gasteiger partial charge in [-0.05, 0) is 18.9 Å². The molecule has 98 valence electrons. The molecule has 1 aromatic rings. The highest BCUT2D eigenvalue weighted by Crippen LogP contribution is 2.16. The van der Waals surface area contributed by atoms with Gasteiger partial charge in [0.1, 0.15) is 0 Å². The Morgan fingerprint density at radius 1 is 1.44 bits per heavy atom. The van der Waals surface area contributed by atoms with Crippen molar-refractivity contribution in [2.45, 2.75) is 32.8 Å². The molecule has 0 bridgehead atoms. The Morgan fingerprint density at radius 2 is 2.00 bits per heavy atom. The maximum atomic E-state index is 10.5. The molecule has 0 heterocycles. The van der Waals surface area contributed by atoms with Crippen LogP contribution in [-0.4, -0.2) is 21.8 Å². The summed E-state index contributed by atoms with van der Waals surface area (Å²) < 4.78 is 0. The van der Waals surface area contributed by atoms with Crippen LogP contribution in [0.5, 0.6) is 0 Å². The predicted octanol–water partition coefficient (Wildman–Crippen LogP) is 2.56.